The second-order valence-corrected chi connectivity index (χ2v) is 10.4. The predicted molar refractivity (Wildman–Crippen MR) is 159 cm³/mol. The molecule has 1 aliphatic heterocycles. The Bertz CT molecular complexity index is 1810. The van der Waals surface area contributed by atoms with Gasteiger partial charge in [-0.3, -0.25) is 4.79 Å². The molecule has 1 aliphatic rings. The van der Waals surface area contributed by atoms with Gasteiger partial charge in [-0.15, -0.1) is 0 Å². The average molecular weight is 550 g/mol. The van der Waals surface area contributed by atoms with Gasteiger partial charge in [0.15, 0.2) is 5.88 Å². The second kappa shape index (κ2) is 10.6. The van der Waals surface area contributed by atoms with Gasteiger partial charge >= 0.3 is 5.97 Å². The molecule has 2 aromatic heterocycles. The molecule has 1 saturated heterocycles. The van der Waals surface area contributed by atoms with E-state index >= 15 is 0 Å². The fraction of sp³-hybridized carbons (Fsp3) is 0.219. The van der Waals surface area contributed by atoms with Gasteiger partial charge in [0.05, 0.1) is 29.6 Å². The van der Waals surface area contributed by atoms with Crippen LogP contribution in [0, 0.1) is 0 Å². The molecular formula is C32H31N5O4. The number of ether oxygens (including phenoxy) is 1. The number of nitrogens with zero attached hydrogens (tertiary/aromatic N) is 4. The van der Waals surface area contributed by atoms with Gasteiger partial charge in [-0.2, -0.15) is 0 Å². The molecule has 0 aliphatic carbocycles. The number of esters is 1. The number of carbonyl (C=O) groups is 2. The molecule has 5 aromatic rings. The van der Waals surface area contributed by atoms with E-state index in [4.69, 9.17) is 9.73 Å². The van der Waals surface area contributed by atoms with E-state index in [-0.39, 0.29) is 11.8 Å². The van der Waals surface area contributed by atoms with Crippen molar-refractivity contribution < 1.29 is 19.4 Å². The number of likely N-dealkylation sites (N-methyl/N-ethyl adjacent to an activating group) is 1. The molecule has 3 aromatic carbocycles. The number of hydrogen-bond acceptors (Lipinski definition) is 6. The summed E-state index contributed by atoms with van der Waals surface area (Å²) in [5.74, 6) is -0.478. The Morgan fingerprint density at radius 1 is 0.902 bits per heavy atom. The van der Waals surface area contributed by atoms with Crippen molar-refractivity contribution in [3.63, 3.8) is 0 Å². The van der Waals surface area contributed by atoms with Crippen LogP contribution in [0.25, 0.3) is 21.8 Å². The summed E-state index contributed by atoms with van der Waals surface area (Å²) in [5.41, 5.74) is 5.15. The lowest BCUT2D eigenvalue weighted by Gasteiger charge is -2.32. The average Bonchev–Trinajstić information content (AvgIpc) is 3.50. The number of fused-ring (bicyclic) bond motifs is 2. The van der Waals surface area contributed by atoms with E-state index in [1.807, 2.05) is 71.1 Å². The van der Waals surface area contributed by atoms with Crippen molar-refractivity contribution in [2.45, 2.75) is 0 Å². The number of methoxy groups -OCH3 is 1. The van der Waals surface area contributed by atoms with Crippen LogP contribution in [0.2, 0.25) is 0 Å². The molecule has 0 spiro atoms. The van der Waals surface area contributed by atoms with Crippen LogP contribution in [0.3, 0.4) is 0 Å². The highest BCUT2D eigenvalue weighted by Gasteiger charge is 2.24. The largest absolute Gasteiger partial charge is 0.494 e. The maximum absolute atomic E-state index is 13.3. The lowest BCUT2D eigenvalue weighted by atomic mass is 10.00. The van der Waals surface area contributed by atoms with Crippen LogP contribution in [-0.2, 0) is 11.8 Å². The van der Waals surface area contributed by atoms with Crippen LogP contribution in [0.1, 0.15) is 32.0 Å². The van der Waals surface area contributed by atoms with Crippen LogP contribution in [-0.4, -0.2) is 82.4 Å². The minimum Gasteiger partial charge on any atom is -0.494 e. The molecule has 1 amide bonds. The minimum absolute atomic E-state index is 0.0295. The number of aliphatic imine (C=N–C) groups is 1. The summed E-state index contributed by atoms with van der Waals surface area (Å²) < 4.78 is 6.79. The van der Waals surface area contributed by atoms with E-state index in [2.05, 4.69) is 16.9 Å². The molecule has 0 bridgehead atoms. The molecule has 0 radical (unpaired) electrons. The van der Waals surface area contributed by atoms with Crippen molar-refractivity contribution in [1.82, 2.24) is 19.4 Å². The Balaban J connectivity index is 1.44. The molecule has 0 atom stereocenters. The van der Waals surface area contributed by atoms with Crippen LogP contribution in [0.5, 0.6) is 5.88 Å². The molecule has 6 rings (SSSR count). The Labute approximate surface area is 237 Å². The number of nitrogens with one attached hydrogen (secondary N) is 1. The Morgan fingerprint density at radius 3 is 2.39 bits per heavy atom. The van der Waals surface area contributed by atoms with E-state index in [0.717, 1.165) is 34.9 Å². The van der Waals surface area contributed by atoms with Crippen molar-refractivity contribution in [2.75, 3.05) is 40.3 Å². The van der Waals surface area contributed by atoms with E-state index in [1.165, 1.54) is 7.11 Å². The van der Waals surface area contributed by atoms with Crippen molar-refractivity contribution in [3.05, 3.63) is 95.2 Å². The summed E-state index contributed by atoms with van der Waals surface area (Å²) in [6, 6.07) is 22.5. The molecule has 2 N–H and O–H groups in total. The molecular weight excluding hydrogens is 518 g/mol. The molecule has 208 valence electrons. The van der Waals surface area contributed by atoms with Crippen LogP contribution < -0.4 is 0 Å². The van der Waals surface area contributed by atoms with Gasteiger partial charge in [-0.25, -0.2) is 9.79 Å². The topological polar surface area (TPSA) is 103 Å². The van der Waals surface area contributed by atoms with Gasteiger partial charge in [0.25, 0.3) is 5.91 Å². The highest BCUT2D eigenvalue weighted by atomic mass is 16.5. The number of aromatic nitrogens is 2. The van der Waals surface area contributed by atoms with Crippen molar-refractivity contribution in [3.8, 4) is 5.88 Å². The first-order valence-electron chi connectivity index (χ1n) is 13.5. The number of benzene rings is 3. The summed E-state index contributed by atoms with van der Waals surface area (Å²) in [5, 5.41) is 12.7. The summed E-state index contributed by atoms with van der Waals surface area (Å²) in [6.45, 7) is 3.15. The lowest BCUT2D eigenvalue weighted by molar-refractivity contribution is 0.0599. The number of piperazine rings is 1. The number of H-pyrrole nitrogens is 1. The smallest absolute Gasteiger partial charge is 0.337 e. The van der Waals surface area contributed by atoms with Crippen LogP contribution in [0.15, 0.2) is 77.8 Å². The third-order valence-corrected chi connectivity index (χ3v) is 7.76. The minimum atomic E-state index is -0.457. The second-order valence-electron chi connectivity index (χ2n) is 10.4. The first-order valence-corrected chi connectivity index (χ1v) is 13.5. The fourth-order valence-electron chi connectivity index (χ4n) is 5.44. The predicted octanol–water partition coefficient (Wildman–Crippen LogP) is 4.71. The first kappa shape index (κ1) is 26.3. The molecule has 3 heterocycles. The Hall–Kier alpha value is -4.89. The molecule has 0 saturated carbocycles. The van der Waals surface area contributed by atoms with Crippen molar-refractivity contribution in [2.24, 2.45) is 12.0 Å². The lowest BCUT2D eigenvalue weighted by Crippen LogP contribution is -2.47. The summed E-state index contributed by atoms with van der Waals surface area (Å²) in [4.78, 5) is 37.6. The number of carbonyl (C=O) groups excluding carboxylic acids is 2. The van der Waals surface area contributed by atoms with Gasteiger partial charge in [0.2, 0.25) is 0 Å². The number of aryl methyl sites for hydroxylation is 1. The van der Waals surface area contributed by atoms with Gasteiger partial charge in [0, 0.05) is 60.6 Å². The third kappa shape index (κ3) is 4.85. The van der Waals surface area contributed by atoms with Gasteiger partial charge in [-0.05, 0) is 43.4 Å². The van der Waals surface area contributed by atoms with Gasteiger partial charge < -0.3 is 29.2 Å². The molecule has 9 nitrogen and oxygen atoms in total. The Kier molecular flexibility index (Phi) is 6.80. The zero-order chi connectivity index (χ0) is 28.7. The third-order valence-electron chi connectivity index (χ3n) is 7.76. The van der Waals surface area contributed by atoms with E-state index in [1.54, 1.807) is 18.2 Å². The molecule has 41 heavy (non-hydrogen) atoms. The van der Waals surface area contributed by atoms with Crippen molar-refractivity contribution in [1.29, 1.82) is 0 Å². The molecule has 1 fully saturated rings. The fourth-order valence-corrected chi connectivity index (χ4v) is 5.44. The number of amides is 1. The highest BCUT2D eigenvalue weighted by molar-refractivity contribution is 6.22. The van der Waals surface area contributed by atoms with Gasteiger partial charge in [-0.1, -0.05) is 36.4 Å². The molecule has 9 heteroatoms. The highest BCUT2D eigenvalue weighted by Crippen LogP contribution is 2.33. The maximum Gasteiger partial charge on any atom is 0.337 e. The number of rotatable bonds is 5. The molecule has 0 unspecified atom stereocenters. The Morgan fingerprint density at radius 2 is 1.66 bits per heavy atom. The van der Waals surface area contributed by atoms with E-state index in [0.29, 0.717) is 46.8 Å². The zero-order valence-corrected chi connectivity index (χ0v) is 23.2. The quantitative estimate of drug-likeness (QED) is 0.244. The maximum atomic E-state index is 13.3. The number of aromatic hydroxyl groups is 1. The van der Waals surface area contributed by atoms with Crippen molar-refractivity contribution >= 4 is 45.1 Å². The van der Waals surface area contributed by atoms with E-state index in [9.17, 15) is 14.7 Å². The van der Waals surface area contributed by atoms with E-state index < -0.39 is 5.97 Å². The SMILES string of the molecule is COC(=O)c1ccc2c(C(=Nc3ccc4c(c3)cc(C(=O)N3CCN(C)CC3)n4C)c3ccccc3)c(O)[nH]c2c1. The monoisotopic (exact) mass is 549 g/mol. The summed E-state index contributed by atoms with van der Waals surface area (Å²) in [7, 11) is 5.32. The van der Waals surface area contributed by atoms with Crippen LogP contribution >= 0.6 is 0 Å². The van der Waals surface area contributed by atoms with Gasteiger partial charge in [0.1, 0.15) is 5.69 Å². The first-order chi connectivity index (χ1) is 19.8. The van der Waals surface area contributed by atoms with Crippen LogP contribution in [0.4, 0.5) is 5.69 Å². The normalized spacial score (nSPS) is 14.6. The number of aromatic amines is 1. The number of hydrogen-bond donors (Lipinski definition) is 2. The zero-order valence-electron chi connectivity index (χ0n) is 23.2. The summed E-state index contributed by atoms with van der Waals surface area (Å²) in [6.07, 6.45) is 0. The standard InChI is InChI=1S/C32H31N5O4/c1-35-13-15-37(16-14-35)31(39)27-19-22-17-23(10-12-26(22)36(27)2)33-29(20-7-5-4-6-8-20)28-24-11-9-21(32(40)41-3)18-25(24)34-30(28)38/h4-12,17-19,34,38H,13-16H2,1-3H3. The summed E-state index contributed by atoms with van der Waals surface area (Å²) >= 11 is 0.